The quantitative estimate of drug-likeness (QED) is 0.738. The smallest absolute Gasteiger partial charge is 0.258 e. The first-order valence-electron chi connectivity index (χ1n) is 6.28. The van der Waals surface area contributed by atoms with Gasteiger partial charge in [0, 0.05) is 18.0 Å². The van der Waals surface area contributed by atoms with E-state index in [-0.39, 0.29) is 11.3 Å². The number of hydrogen-bond donors (Lipinski definition) is 1. The fourth-order valence-electron chi connectivity index (χ4n) is 2.13. The third-order valence-electron chi connectivity index (χ3n) is 3.15. The maximum atomic E-state index is 11.9. The standard InChI is InChI=1S/C15H13N3O2/c1-10(19)11-6-7-18(8-11)9-14-16-13-5-3-2-4-12(13)15(20)17-14/h2-8H,9H2,1H3,(H,16,17,20). The largest absolute Gasteiger partial charge is 0.346 e. The molecule has 1 aromatic carbocycles. The summed E-state index contributed by atoms with van der Waals surface area (Å²) in [5.41, 5.74) is 1.17. The van der Waals surface area contributed by atoms with Crippen molar-refractivity contribution >= 4 is 16.7 Å². The van der Waals surface area contributed by atoms with Crippen LogP contribution in [0, 0.1) is 0 Å². The van der Waals surface area contributed by atoms with Gasteiger partial charge < -0.3 is 9.55 Å². The highest BCUT2D eigenvalue weighted by molar-refractivity contribution is 5.93. The van der Waals surface area contributed by atoms with E-state index in [9.17, 15) is 9.59 Å². The van der Waals surface area contributed by atoms with Crippen molar-refractivity contribution in [1.29, 1.82) is 0 Å². The topological polar surface area (TPSA) is 67.8 Å². The Morgan fingerprint density at radius 1 is 1.30 bits per heavy atom. The average molecular weight is 267 g/mol. The Balaban J connectivity index is 1.98. The predicted octanol–water partition coefficient (Wildman–Crippen LogP) is 1.98. The lowest BCUT2D eigenvalue weighted by molar-refractivity contribution is 0.101. The summed E-state index contributed by atoms with van der Waals surface area (Å²) in [6, 6.07) is 8.97. The van der Waals surface area contributed by atoms with Crippen LogP contribution in [0.25, 0.3) is 10.9 Å². The zero-order valence-corrected chi connectivity index (χ0v) is 11.0. The van der Waals surface area contributed by atoms with Gasteiger partial charge in [0.2, 0.25) is 0 Å². The van der Waals surface area contributed by atoms with Crippen molar-refractivity contribution < 1.29 is 4.79 Å². The van der Waals surface area contributed by atoms with Crippen LogP contribution in [0.2, 0.25) is 0 Å². The number of rotatable bonds is 3. The molecular weight excluding hydrogens is 254 g/mol. The molecule has 3 aromatic rings. The zero-order valence-electron chi connectivity index (χ0n) is 11.0. The van der Waals surface area contributed by atoms with Crippen LogP contribution in [-0.4, -0.2) is 20.3 Å². The van der Waals surface area contributed by atoms with Crippen LogP contribution < -0.4 is 5.56 Å². The van der Waals surface area contributed by atoms with E-state index in [1.807, 2.05) is 22.8 Å². The number of nitrogens with one attached hydrogen (secondary N) is 1. The lowest BCUT2D eigenvalue weighted by Gasteiger charge is -2.04. The van der Waals surface area contributed by atoms with Crippen molar-refractivity contribution in [2.45, 2.75) is 13.5 Å². The average Bonchev–Trinajstić information content (AvgIpc) is 2.87. The van der Waals surface area contributed by atoms with Crippen LogP contribution in [0.5, 0.6) is 0 Å². The summed E-state index contributed by atoms with van der Waals surface area (Å²) >= 11 is 0. The molecule has 5 nitrogen and oxygen atoms in total. The molecule has 2 heterocycles. The highest BCUT2D eigenvalue weighted by Gasteiger charge is 2.05. The first kappa shape index (κ1) is 12.3. The van der Waals surface area contributed by atoms with Gasteiger partial charge in [-0.15, -0.1) is 0 Å². The van der Waals surface area contributed by atoms with Crippen molar-refractivity contribution in [2.24, 2.45) is 0 Å². The number of aromatic nitrogens is 3. The number of para-hydroxylation sites is 1. The molecule has 0 aliphatic heterocycles. The Morgan fingerprint density at radius 2 is 2.10 bits per heavy atom. The molecule has 0 radical (unpaired) electrons. The summed E-state index contributed by atoms with van der Waals surface area (Å²) in [7, 11) is 0. The maximum Gasteiger partial charge on any atom is 0.258 e. The van der Waals surface area contributed by atoms with E-state index in [1.54, 1.807) is 24.5 Å². The van der Waals surface area contributed by atoms with E-state index >= 15 is 0 Å². The van der Waals surface area contributed by atoms with Gasteiger partial charge in [-0.1, -0.05) is 12.1 Å². The number of carbonyl (C=O) groups excluding carboxylic acids is 1. The van der Waals surface area contributed by atoms with Gasteiger partial charge in [0.15, 0.2) is 5.78 Å². The normalized spacial score (nSPS) is 10.8. The second-order valence-electron chi connectivity index (χ2n) is 4.66. The molecule has 5 heteroatoms. The van der Waals surface area contributed by atoms with Gasteiger partial charge in [0.05, 0.1) is 17.4 Å². The number of hydrogen-bond acceptors (Lipinski definition) is 3. The molecule has 0 amide bonds. The predicted molar refractivity (Wildman–Crippen MR) is 75.9 cm³/mol. The lowest BCUT2D eigenvalue weighted by Crippen LogP contribution is -2.13. The first-order chi connectivity index (χ1) is 9.63. The van der Waals surface area contributed by atoms with Gasteiger partial charge in [0.25, 0.3) is 5.56 Å². The highest BCUT2D eigenvalue weighted by atomic mass is 16.1. The van der Waals surface area contributed by atoms with Crippen LogP contribution in [0.4, 0.5) is 0 Å². The highest BCUT2D eigenvalue weighted by Crippen LogP contribution is 2.08. The zero-order chi connectivity index (χ0) is 14.1. The minimum Gasteiger partial charge on any atom is -0.346 e. The van der Waals surface area contributed by atoms with Crippen LogP contribution >= 0.6 is 0 Å². The summed E-state index contributed by atoms with van der Waals surface area (Å²) in [6.45, 7) is 1.95. The Morgan fingerprint density at radius 3 is 2.85 bits per heavy atom. The molecule has 0 bridgehead atoms. The number of nitrogens with zero attached hydrogens (tertiary/aromatic N) is 2. The Bertz CT molecular complexity index is 845. The summed E-state index contributed by atoms with van der Waals surface area (Å²) in [4.78, 5) is 30.4. The van der Waals surface area contributed by atoms with Crippen LogP contribution in [-0.2, 0) is 6.54 Å². The number of Topliss-reactive ketones (excluding diaryl/α,β-unsaturated/α-hetero) is 1. The molecule has 0 aliphatic rings. The Hall–Kier alpha value is -2.69. The number of ketones is 1. The minimum absolute atomic E-state index is 0.0173. The van der Waals surface area contributed by atoms with Gasteiger partial charge in [-0.25, -0.2) is 4.98 Å². The van der Waals surface area contributed by atoms with E-state index in [0.717, 1.165) is 0 Å². The first-order valence-corrected chi connectivity index (χ1v) is 6.28. The molecular formula is C15H13N3O2. The second-order valence-corrected chi connectivity index (χ2v) is 4.66. The molecule has 0 saturated heterocycles. The van der Waals surface area contributed by atoms with Gasteiger partial charge in [0.1, 0.15) is 5.82 Å². The molecule has 20 heavy (non-hydrogen) atoms. The number of aromatic amines is 1. The lowest BCUT2D eigenvalue weighted by atomic mass is 10.2. The van der Waals surface area contributed by atoms with Crippen LogP contribution in [0.15, 0.2) is 47.5 Å². The van der Waals surface area contributed by atoms with Crippen molar-refractivity contribution in [2.75, 3.05) is 0 Å². The van der Waals surface area contributed by atoms with Gasteiger partial charge in [-0.3, -0.25) is 9.59 Å². The van der Waals surface area contributed by atoms with Crippen molar-refractivity contribution in [3.63, 3.8) is 0 Å². The summed E-state index contributed by atoms with van der Waals surface area (Å²) in [6.07, 6.45) is 3.55. The fraction of sp³-hybridized carbons (Fsp3) is 0.133. The second kappa shape index (κ2) is 4.77. The number of fused-ring (bicyclic) bond motifs is 1. The number of benzene rings is 1. The molecule has 3 rings (SSSR count). The van der Waals surface area contributed by atoms with Crippen molar-refractivity contribution in [3.8, 4) is 0 Å². The van der Waals surface area contributed by atoms with Crippen LogP contribution in [0.3, 0.4) is 0 Å². The maximum absolute atomic E-state index is 11.9. The van der Waals surface area contributed by atoms with E-state index in [2.05, 4.69) is 9.97 Å². The van der Waals surface area contributed by atoms with Crippen molar-refractivity contribution in [1.82, 2.24) is 14.5 Å². The SMILES string of the molecule is CC(=O)c1ccn(Cc2nc3ccccc3c(=O)[nH]2)c1. The minimum atomic E-state index is -0.149. The van der Waals surface area contributed by atoms with E-state index in [4.69, 9.17) is 0 Å². The number of carbonyl (C=O) groups is 1. The van der Waals surface area contributed by atoms with E-state index in [0.29, 0.717) is 28.8 Å². The van der Waals surface area contributed by atoms with Crippen LogP contribution in [0.1, 0.15) is 23.1 Å². The molecule has 0 atom stereocenters. The summed E-state index contributed by atoms with van der Waals surface area (Å²) in [5.74, 6) is 0.586. The molecule has 0 saturated carbocycles. The molecule has 0 spiro atoms. The third-order valence-corrected chi connectivity index (χ3v) is 3.15. The monoisotopic (exact) mass is 267 g/mol. The summed E-state index contributed by atoms with van der Waals surface area (Å²) < 4.78 is 1.82. The molecule has 2 aromatic heterocycles. The van der Waals surface area contributed by atoms with Gasteiger partial charge in [-0.2, -0.15) is 0 Å². The molecule has 0 unspecified atom stereocenters. The molecule has 1 N–H and O–H groups in total. The molecule has 0 aliphatic carbocycles. The molecule has 100 valence electrons. The summed E-state index contributed by atoms with van der Waals surface area (Å²) in [5, 5.41) is 0.577. The van der Waals surface area contributed by atoms with Crippen molar-refractivity contribution in [3.05, 3.63) is 64.5 Å². The van der Waals surface area contributed by atoms with E-state index in [1.165, 1.54) is 6.92 Å². The Kier molecular flexibility index (Phi) is 2.95. The number of H-pyrrole nitrogens is 1. The van der Waals surface area contributed by atoms with Gasteiger partial charge in [-0.05, 0) is 25.1 Å². The van der Waals surface area contributed by atoms with E-state index < -0.39 is 0 Å². The molecule has 0 fully saturated rings. The fourth-order valence-corrected chi connectivity index (χ4v) is 2.13. The Labute approximate surface area is 114 Å². The third kappa shape index (κ3) is 2.25. The van der Waals surface area contributed by atoms with Gasteiger partial charge >= 0.3 is 0 Å².